The van der Waals surface area contributed by atoms with Crippen molar-refractivity contribution in [2.75, 3.05) is 0 Å². The average Bonchev–Trinajstić information content (AvgIpc) is 2.32. The van der Waals surface area contributed by atoms with Gasteiger partial charge < -0.3 is 10.2 Å². The number of allylic oxidation sites excluding steroid dienone is 2. The quantitative estimate of drug-likeness (QED) is 0.498. The molecule has 0 bridgehead atoms. The minimum Gasteiger partial charge on any atom is -0.361 e. The van der Waals surface area contributed by atoms with Gasteiger partial charge in [-0.1, -0.05) is 23.7 Å². The van der Waals surface area contributed by atoms with Crippen LogP contribution in [0.15, 0.2) is 48.1 Å². The van der Waals surface area contributed by atoms with Crippen molar-refractivity contribution >= 4 is 29.0 Å². The molecule has 1 aliphatic carbocycles. The Labute approximate surface area is 114 Å². The molecule has 1 aromatic carbocycles. The van der Waals surface area contributed by atoms with E-state index in [0.717, 1.165) is 6.08 Å². The lowest BCUT2D eigenvalue weighted by Crippen LogP contribution is -2.37. The zero-order chi connectivity index (χ0) is 13.3. The molecule has 0 amide bonds. The van der Waals surface area contributed by atoms with Gasteiger partial charge in [-0.15, -0.1) is 11.6 Å². The van der Waals surface area contributed by atoms with Crippen molar-refractivity contribution in [1.82, 2.24) is 0 Å². The first-order valence-electron chi connectivity index (χ1n) is 5.20. The topological polar surface area (TPSA) is 57.5 Å². The molecule has 0 saturated carbocycles. The second-order valence-corrected chi connectivity index (χ2v) is 4.89. The molecule has 1 aromatic rings. The summed E-state index contributed by atoms with van der Waals surface area (Å²) >= 11 is 11.6. The van der Waals surface area contributed by atoms with Crippen LogP contribution in [-0.2, 0) is 0 Å². The average molecular weight is 285 g/mol. The Morgan fingerprint density at radius 3 is 2.67 bits per heavy atom. The van der Waals surface area contributed by atoms with E-state index in [2.05, 4.69) is 0 Å². The minimum absolute atomic E-state index is 0.269. The van der Waals surface area contributed by atoms with Crippen molar-refractivity contribution in [3.05, 3.63) is 58.7 Å². The van der Waals surface area contributed by atoms with Crippen molar-refractivity contribution in [3.8, 4) is 0 Å². The second-order valence-electron chi connectivity index (χ2n) is 3.98. The van der Waals surface area contributed by atoms with E-state index >= 15 is 0 Å². The van der Waals surface area contributed by atoms with E-state index in [0.29, 0.717) is 16.2 Å². The second kappa shape index (κ2) is 4.86. The third-order valence-electron chi connectivity index (χ3n) is 2.59. The number of hydrogen-bond donors (Lipinski definition) is 2. The van der Waals surface area contributed by atoms with Crippen molar-refractivity contribution in [2.24, 2.45) is 0 Å². The van der Waals surface area contributed by atoms with Crippen LogP contribution >= 0.6 is 23.2 Å². The Bertz CT molecular complexity index is 547. The number of carbonyl (C=O) groups excluding carboxylic acids is 1. The van der Waals surface area contributed by atoms with E-state index in [1.54, 1.807) is 24.3 Å². The maximum absolute atomic E-state index is 12.1. The largest absolute Gasteiger partial charge is 0.361 e. The van der Waals surface area contributed by atoms with Gasteiger partial charge in [0.1, 0.15) is 5.38 Å². The molecule has 1 atom stereocenters. The van der Waals surface area contributed by atoms with Gasteiger partial charge in [-0.25, -0.2) is 0 Å². The Morgan fingerprint density at radius 1 is 1.33 bits per heavy atom. The van der Waals surface area contributed by atoms with Crippen LogP contribution in [0.4, 0.5) is 0 Å². The SMILES string of the molecule is O=C(C1=CC(Cl)C(O)(O)C=C1)c1cccc(Cl)c1. The number of ketones is 1. The van der Waals surface area contributed by atoms with Crippen LogP contribution in [-0.4, -0.2) is 27.2 Å². The first-order chi connectivity index (χ1) is 8.40. The molecule has 0 spiro atoms. The van der Waals surface area contributed by atoms with Gasteiger partial charge >= 0.3 is 0 Å². The van der Waals surface area contributed by atoms with E-state index in [-0.39, 0.29) is 5.78 Å². The van der Waals surface area contributed by atoms with Gasteiger partial charge in [0.15, 0.2) is 5.78 Å². The summed E-state index contributed by atoms with van der Waals surface area (Å²) in [5.41, 5.74) is 0.724. The summed E-state index contributed by atoms with van der Waals surface area (Å²) in [6.07, 6.45) is 3.73. The van der Waals surface area contributed by atoms with Crippen LogP contribution < -0.4 is 0 Å². The fourth-order valence-electron chi connectivity index (χ4n) is 1.59. The monoisotopic (exact) mass is 284 g/mol. The molecule has 1 unspecified atom stereocenters. The van der Waals surface area contributed by atoms with Crippen LogP contribution in [0.25, 0.3) is 0 Å². The van der Waals surface area contributed by atoms with E-state index in [9.17, 15) is 15.0 Å². The summed E-state index contributed by atoms with van der Waals surface area (Å²) in [6, 6.07) is 6.51. The third-order valence-corrected chi connectivity index (χ3v) is 3.27. The van der Waals surface area contributed by atoms with Crippen LogP contribution in [0.3, 0.4) is 0 Å². The Balaban J connectivity index is 2.29. The van der Waals surface area contributed by atoms with Gasteiger partial charge in [-0.3, -0.25) is 4.79 Å². The maximum Gasteiger partial charge on any atom is 0.203 e. The van der Waals surface area contributed by atoms with Gasteiger partial charge in [-0.2, -0.15) is 0 Å². The molecule has 0 radical (unpaired) electrons. The highest BCUT2D eigenvalue weighted by Gasteiger charge is 2.32. The molecule has 0 aromatic heterocycles. The number of hydrogen-bond acceptors (Lipinski definition) is 3. The summed E-state index contributed by atoms with van der Waals surface area (Å²) in [5, 5.41) is 18.2. The summed E-state index contributed by atoms with van der Waals surface area (Å²) in [4.78, 5) is 12.1. The predicted molar refractivity (Wildman–Crippen MR) is 69.8 cm³/mol. The highest BCUT2D eigenvalue weighted by molar-refractivity contribution is 6.31. The Kier molecular flexibility index (Phi) is 3.59. The summed E-state index contributed by atoms with van der Waals surface area (Å²) in [7, 11) is 0. The normalized spacial score (nSPS) is 21.6. The van der Waals surface area contributed by atoms with Crippen molar-refractivity contribution in [3.63, 3.8) is 0 Å². The van der Waals surface area contributed by atoms with Crippen molar-refractivity contribution in [2.45, 2.75) is 11.2 Å². The van der Waals surface area contributed by atoms with Gasteiger partial charge in [0.05, 0.1) is 0 Å². The van der Waals surface area contributed by atoms with Gasteiger partial charge in [0.2, 0.25) is 5.79 Å². The van der Waals surface area contributed by atoms with Crippen LogP contribution in [0, 0.1) is 0 Å². The molecule has 2 rings (SSSR count). The first kappa shape index (κ1) is 13.3. The van der Waals surface area contributed by atoms with Crippen LogP contribution in [0.5, 0.6) is 0 Å². The molecule has 2 N–H and O–H groups in total. The lowest BCUT2D eigenvalue weighted by Gasteiger charge is -2.24. The van der Waals surface area contributed by atoms with Crippen LogP contribution in [0.2, 0.25) is 5.02 Å². The van der Waals surface area contributed by atoms with E-state index in [4.69, 9.17) is 23.2 Å². The van der Waals surface area contributed by atoms with Gasteiger partial charge in [-0.05, 0) is 30.4 Å². The highest BCUT2D eigenvalue weighted by Crippen LogP contribution is 2.26. The number of Topliss-reactive ketones (excluding diaryl/α,β-unsaturated/α-hetero) is 1. The number of benzene rings is 1. The molecule has 18 heavy (non-hydrogen) atoms. The predicted octanol–water partition coefficient (Wildman–Crippen LogP) is 2.31. The Morgan fingerprint density at radius 2 is 2.06 bits per heavy atom. The molecule has 0 saturated heterocycles. The van der Waals surface area contributed by atoms with Crippen LogP contribution in [0.1, 0.15) is 10.4 Å². The molecular weight excluding hydrogens is 275 g/mol. The minimum atomic E-state index is -2.13. The van der Waals surface area contributed by atoms with Gasteiger partial charge in [0.25, 0.3) is 0 Å². The van der Waals surface area contributed by atoms with E-state index in [1.165, 1.54) is 12.2 Å². The van der Waals surface area contributed by atoms with Crippen molar-refractivity contribution < 1.29 is 15.0 Å². The molecule has 0 aliphatic heterocycles. The lowest BCUT2D eigenvalue weighted by atomic mass is 9.95. The fourth-order valence-corrected chi connectivity index (χ4v) is 1.99. The zero-order valence-electron chi connectivity index (χ0n) is 9.18. The van der Waals surface area contributed by atoms with Crippen molar-refractivity contribution in [1.29, 1.82) is 0 Å². The number of carbonyl (C=O) groups is 1. The molecule has 5 heteroatoms. The molecule has 94 valence electrons. The number of aliphatic hydroxyl groups is 2. The third kappa shape index (κ3) is 2.65. The van der Waals surface area contributed by atoms with Gasteiger partial charge in [0, 0.05) is 16.2 Å². The number of rotatable bonds is 2. The lowest BCUT2D eigenvalue weighted by molar-refractivity contribution is -0.112. The van der Waals surface area contributed by atoms with E-state index < -0.39 is 11.2 Å². The molecule has 0 heterocycles. The number of halogens is 2. The maximum atomic E-state index is 12.1. The Hall–Kier alpha value is -1.13. The number of alkyl halides is 1. The smallest absolute Gasteiger partial charge is 0.203 e. The van der Waals surface area contributed by atoms with E-state index in [1.807, 2.05) is 0 Å². The summed E-state index contributed by atoms with van der Waals surface area (Å²) in [6.45, 7) is 0. The summed E-state index contributed by atoms with van der Waals surface area (Å²) in [5.74, 6) is -2.39. The first-order valence-corrected chi connectivity index (χ1v) is 6.02. The molecule has 1 aliphatic rings. The molecule has 3 nitrogen and oxygen atoms in total. The zero-order valence-corrected chi connectivity index (χ0v) is 10.7. The summed E-state index contributed by atoms with van der Waals surface area (Å²) < 4.78 is 0. The standard InChI is InChI=1S/C13H10Cl2O3/c14-10-3-1-2-8(6-10)12(16)9-4-5-13(17,18)11(15)7-9/h1-7,11,17-18H. The molecular formula is C13H10Cl2O3. The fraction of sp³-hybridized carbons (Fsp3) is 0.154. The molecule has 0 fully saturated rings. The highest BCUT2D eigenvalue weighted by atomic mass is 35.5.